The van der Waals surface area contributed by atoms with E-state index in [0.717, 1.165) is 50.6 Å². The first-order valence-corrected chi connectivity index (χ1v) is 9.08. The Morgan fingerprint density at radius 2 is 1.78 bits per heavy atom. The molecule has 4 nitrogen and oxygen atoms in total. The standard InChI is InChI=1S/C15H20F2N2O2S.ClH/c16-13-1-2-14(17)15(9-13)22(20,21)19-7-4-11(5-8-19)12-3-6-18-10-12;/h1-2,9,11-12,18H,3-8,10H2;1H. The van der Waals surface area contributed by atoms with Crippen LogP contribution in [0.25, 0.3) is 0 Å². The first-order valence-electron chi connectivity index (χ1n) is 7.64. The van der Waals surface area contributed by atoms with Gasteiger partial charge in [0.05, 0.1) is 0 Å². The van der Waals surface area contributed by atoms with Crippen molar-refractivity contribution in [2.45, 2.75) is 24.2 Å². The molecule has 0 amide bonds. The van der Waals surface area contributed by atoms with E-state index in [1.807, 2.05) is 0 Å². The van der Waals surface area contributed by atoms with Gasteiger partial charge in [0.2, 0.25) is 10.0 Å². The molecule has 0 saturated carbocycles. The van der Waals surface area contributed by atoms with Crippen LogP contribution in [0.1, 0.15) is 19.3 Å². The lowest BCUT2D eigenvalue weighted by Crippen LogP contribution is -2.40. The van der Waals surface area contributed by atoms with E-state index in [-0.39, 0.29) is 12.4 Å². The lowest BCUT2D eigenvalue weighted by Gasteiger charge is -2.33. The summed E-state index contributed by atoms with van der Waals surface area (Å²) in [4.78, 5) is -0.562. The van der Waals surface area contributed by atoms with Gasteiger partial charge in [0, 0.05) is 13.1 Å². The zero-order chi connectivity index (χ0) is 15.7. The van der Waals surface area contributed by atoms with E-state index in [9.17, 15) is 17.2 Å². The van der Waals surface area contributed by atoms with Crippen LogP contribution in [0.3, 0.4) is 0 Å². The number of hydrogen-bond donors (Lipinski definition) is 1. The van der Waals surface area contributed by atoms with E-state index in [0.29, 0.717) is 24.9 Å². The van der Waals surface area contributed by atoms with Crippen molar-refractivity contribution in [3.05, 3.63) is 29.8 Å². The molecule has 8 heteroatoms. The van der Waals surface area contributed by atoms with Crippen molar-refractivity contribution in [3.8, 4) is 0 Å². The third-order valence-corrected chi connectivity index (χ3v) is 6.69. The number of rotatable bonds is 3. The molecular formula is C15H21ClF2N2O2S. The summed E-state index contributed by atoms with van der Waals surface area (Å²) < 4.78 is 53.3. The fourth-order valence-corrected chi connectivity index (χ4v) is 5.03. The third kappa shape index (κ3) is 3.84. The zero-order valence-electron chi connectivity index (χ0n) is 12.7. The normalized spacial score (nSPS) is 23.7. The molecule has 3 rings (SSSR count). The molecule has 2 saturated heterocycles. The quantitative estimate of drug-likeness (QED) is 0.893. The minimum absolute atomic E-state index is 0. The van der Waals surface area contributed by atoms with Crippen molar-refractivity contribution in [1.82, 2.24) is 9.62 Å². The summed E-state index contributed by atoms with van der Waals surface area (Å²) in [6, 6.07) is 2.55. The van der Waals surface area contributed by atoms with Crippen molar-refractivity contribution in [2.75, 3.05) is 26.2 Å². The molecule has 23 heavy (non-hydrogen) atoms. The summed E-state index contributed by atoms with van der Waals surface area (Å²) in [5.41, 5.74) is 0. The van der Waals surface area contributed by atoms with Gasteiger partial charge in [-0.05, 0) is 62.4 Å². The second kappa shape index (κ2) is 7.42. The highest BCUT2D eigenvalue weighted by Crippen LogP contribution is 2.31. The zero-order valence-corrected chi connectivity index (χ0v) is 14.3. The van der Waals surface area contributed by atoms with Gasteiger partial charge in [-0.25, -0.2) is 17.2 Å². The summed E-state index contributed by atoms with van der Waals surface area (Å²) >= 11 is 0. The van der Waals surface area contributed by atoms with Crippen LogP contribution in [0.2, 0.25) is 0 Å². The van der Waals surface area contributed by atoms with Gasteiger partial charge in [-0.15, -0.1) is 12.4 Å². The fraction of sp³-hybridized carbons (Fsp3) is 0.600. The van der Waals surface area contributed by atoms with Crippen molar-refractivity contribution in [2.24, 2.45) is 11.8 Å². The maximum Gasteiger partial charge on any atom is 0.246 e. The number of hydrogen-bond acceptors (Lipinski definition) is 3. The number of sulfonamides is 1. The number of nitrogens with zero attached hydrogens (tertiary/aromatic N) is 1. The summed E-state index contributed by atoms with van der Waals surface area (Å²) in [5.74, 6) is -0.523. The molecule has 0 radical (unpaired) electrons. The highest BCUT2D eigenvalue weighted by molar-refractivity contribution is 7.89. The summed E-state index contributed by atoms with van der Waals surface area (Å²) in [5, 5.41) is 3.33. The lowest BCUT2D eigenvalue weighted by molar-refractivity contribution is 0.216. The minimum atomic E-state index is -3.96. The van der Waals surface area contributed by atoms with Gasteiger partial charge < -0.3 is 5.32 Å². The Kier molecular flexibility index (Phi) is 5.99. The molecular weight excluding hydrogens is 346 g/mol. The predicted molar refractivity (Wildman–Crippen MR) is 86.1 cm³/mol. The highest BCUT2D eigenvalue weighted by Gasteiger charge is 2.34. The molecule has 2 aliphatic rings. The van der Waals surface area contributed by atoms with Gasteiger partial charge in [-0.2, -0.15) is 4.31 Å². The SMILES string of the molecule is Cl.O=S(=O)(c1cc(F)ccc1F)N1CCC(C2CCNC2)CC1. The summed E-state index contributed by atoms with van der Waals surface area (Å²) in [6.45, 7) is 2.77. The van der Waals surface area contributed by atoms with Crippen LogP contribution in [-0.2, 0) is 10.0 Å². The van der Waals surface area contributed by atoms with Gasteiger partial charge in [-0.3, -0.25) is 0 Å². The molecule has 0 bridgehead atoms. The molecule has 0 aliphatic carbocycles. The molecule has 1 aromatic rings. The van der Waals surface area contributed by atoms with E-state index in [2.05, 4.69) is 5.32 Å². The van der Waals surface area contributed by atoms with Crippen LogP contribution >= 0.6 is 12.4 Å². The number of benzene rings is 1. The molecule has 2 aliphatic heterocycles. The molecule has 1 N–H and O–H groups in total. The van der Waals surface area contributed by atoms with Crippen LogP contribution in [0.15, 0.2) is 23.1 Å². The molecule has 1 unspecified atom stereocenters. The average Bonchev–Trinajstić information content (AvgIpc) is 3.04. The fourth-order valence-electron chi connectivity index (χ4n) is 3.48. The van der Waals surface area contributed by atoms with E-state index in [4.69, 9.17) is 0 Å². The molecule has 0 spiro atoms. The average molecular weight is 367 g/mol. The van der Waals surface area contributed by atoms with Crippen LogP contribution in [-0.4, -0.2) is 38.9 Å². The predicted octanol–water partition coefficient (Wildman–Crippen LogP) is 2.40. The van der Waals surface area contributed by atoms with Crippen LogP contribution < -0.4 is 5.32 Å². The van der Waals surface area contributed by atoms with Crippen molar-refractivity contribution in [1.29, 1.82) is 0 Å². The highest BCUT2D eigenvalue weighted by atomic mass is 35.5. The second-order valence-electron chi connectivity index (χ2n) is 6.07. The molecule has 0 aromatic heterocycles. The van der Waals surface area contributed by atoms with Gasteiger partial charge in [0.25, 0.3) is 0 Å². The molecule has 130 valence electrons. The monoisotopic (exact) mass is 366 g/mol. The Balaban J connectivity index is 0.00000192. The van der Waals surface area contributed by atoms with Gasteiger partial charge >= 0.3 is 0 Å². The molecule has 2 heterocycles. The van der Waals surface area contributed by atoms with Crippen LogP contribution in [0.5, 0.6) is 0 Å². The molecule has 1 aromatic carbocycles. The Morgan fingerprint density at radius 3 is 2.39 bits per heavy atom. The Labute approximate surface area is 141 Å². The van der Waals surface area contributed by atoms with Crippen LogP contribution in [0, 0.1) is 23.5 Å². The Morgan fingerprint density at radius 1 is 1.09 bits per heavy atom. The Hall–Kier alpha value is -0.760. The van der Waals surface area contributed by atoms with Gasteiger partial charge in [-0.1, -0.05) is 0 Å². The number of halogens is 3. The number of piperidine rings is 1. The summed E-state index contributed by atoms with van der Waals surface area (Å²) in [7, 11) is -3.96. The maximum absolute atomic E-state index is 13.8. The van der Waals surface area contributed by atoms with E-state index in [1.165, 1.54) is 4.31 Å². The number of nitrogens with one attached hydrogen (secondary N) is 1. The van der Waals surface area contributed by atoms with Crippen molar-refractivity contribution < 1.29 is 17.2 Å². The smallest absolute Gasteiger partial charge is 0.246 e. The van der Waals surface area contributed by atoms with E-state index < -0.39 is 26.6 Å². The van der Waals surface area contributed by atoms with E-state index in [1.54, 1.807) is 0 Å². The topological polar surface area (TPSA) is 49.4 Å². The third-order valence-electron chi connectivity index (χ3n) is 4.77. The van der Waals surface area contributed by atoms with Crippen molar-refractivity contribution >= 4 is 22.4 Å². The molecule has 2 fully saturated rings. The van der Waals surface area contributed by atoms with Crippen molar-refractivity contribution in [3.63, 3.8) is 0 Å². The first kappa shape index (κ1) is 18.6. The van der Waals surface area contributed by atoms with Crippen LogP contribution in [0.4, 0.5) is 8.78 Å². The second-order valence-corrected chi connectivity index (χ2v) is 7.98. The summed E-state index contributed by atoms with van der Waals surface area (Å²) in [6.07, 6.45) is 2.70. The van der Waals surface area contributed by atoms with Gasteiger partial charge in [0.1, 0.15) is 16.5 Å². The molecule has 1 atom stereocenters. The maximum atomic E-state index is 13.8. The first-order chi connectivity index (χ1) is 10.5. The minimum Gasteiger partial charge on any atom is -0.316 e. The Bertz CT molecular complexity index is 643. The lowest BCUT2D eigenvalue weighted by atomic mass is 9.84. The largest absolute Gasteiger partial charge is 0.316 e. The van der Waals surface area contributed by atoms with Gasteiger partial charge in [0.15, 0.2) is 0 Å². The van der Waals surface area contributed by atoms with E-state index >= 15 is 0 Å².